The molecule has 0 saturated heterocycles. The second kappa shape index (κ2) is 5.03. The maximum atomic E-state index is 11.9. The van der Waals surface area contributed by atoms with Gasteiger partial charge in [-0.15, -0.1) is 0 Å². The van der Waals surface area contributed by atoms with E-state index in [2.05, 4.69) is 26.0 Å². The number of aryl methyl sites for hydroxylation is 1. The lowest BCUT2D eigenvalue weighted by Crippen LogP contribution is -2.20. The minimum atomic E-state index is -0.145. The first-order chi connectivity index (χ1) is 9.54. The van der Waals surface area contributed by atoms with Crippen molar-refractivity contribution in [3.05, 3.63) is 61.8 Å². The lowest BCUT2D eigenvalue weighted by atomic mass is 10.2. The fourth-order valence-corrected chi connectivity index (χ4v) is 2.56. The third-order valence-corrected chi connectivity index (χ3v) is 3.64. The summed E-state index contributed by atoms with van der Waals surface area (Å²) in [5.74, 6) is 0. The molecule has 0 aliphatic rings. The fourth-order valence-electron chi connectivity index (χ4n) is 2.08. The van der Waals surface area contributed by atoms with E-state index < -0.39 is 0 Å². The first kappa shape index (κ1) is 13.3. The summed E-state index contributed by atoms with van der Waals surface area (Å²) < 4.78 is 4.01. The van der Waals surface area contributed by atoms with E-state index in [0.717, 1.165) is 16.9 Å². The van der Waals surface area contributed by atoms with Crippen LogP contribution in [0.4, 0.5) is 0 Å². The van der Waals surface area contributed by atoms with Gasteiger partial charge >= 0.3 is 0 Å². The Morgan fingerprint density at radius 2 is 2.15 bits per heavy atom. The molecule has 3 aromatic rings. The van der Waals surface area contributed by atoms with Gasteiger partial charge in [-0.05, 0) is 34.5 Å². The third kappa shape index (κ3) is 2.36. The molecule has 0 radical (unpaired) electrons. The SMILES string of the molecule is Cc1cc(=O)n2nc(Br)cc2n1Cc1ccc(Cl)nc1. The van der Waals surface area contributed by atoms with Gasteiger partial charge in [-0.2, -0.15) is 9.61 Å². The van der Waals surface area contributed by atoms with Crippen molar-refractivity contribution in [1.29, 1.82) is 0 Å². The average molecular weight is 354 g/mol. The van der Waals surface area contributed by atoms with Crippen LogP contribution in [0.5, 0.6) is 0 Å². The van der Waals surface area contributed by atoms with Gasteiger partial charge in [0.25, 0.3) is 5.56 Å². The van der Waals surface area contributed by atoms with Gasteiger partial charge in [0.15, 0.2) is 0 Å². The van der Waals surface area contributed by atoms with Crippen molar-refractivity contribution >= 4 is 33.2 Å². The number of hydrogen-bond acceptors (Lipinski definition) is 3. The fraction of sp³-hybridized carbons (Fsp3) is 0.154. The zero-order chi connectivity index (χ0) is 14.3. The van der Waals surface area contributed by atoms with Crippen LogP contribution < -0.4 is 5.56 Å². The number of rotatable bonds is 2. The number of halogens is 2. The van der Waals surface area contributed by atoms with E-state index in [1.807, 2.05) is 23.6 Å². The Labute approximate surface area is 128 Å². The standard InChI is InChI=1S/C13H10BrClN4O/c1-8-4-13(20)19-12(5-10(14)17-19)18(8)7-9-2-3-11(15)16-6-9/h2-6H,7H2,1H3. The quantitative estimate of drug-likeness (QED) is 0.666. The first-order valence-electron chi connectivity index (χ1n) is 5.91. The molecule has 0 bridgehead atoms. The van der Waals surface area contributed by atoms with Crippen LogP contribution in [0.15, 0.2) is 39.9 Å². The molecule has 0 spiro atoms. The molecular weight excluding hydrogens is 344 g/mol. The molecule has 3 aromatic heterocycles. The summed E-state index contributed by atoms with van der Waals surface area (Å²) in [4.78, 5) is 16.0. The molecule has 0 saturated carbocycles. The van der Waals surface area contributed by atoms with Crippen molar-refractivity contribution in [2.24, 2.45) is 0 Å². The van der Waals surface area contributed by atoms with Crippen molar-refractivity contribution in [1.82, 2.24) is 19.2 Å². The summed E-state index contributed by atoms with van der Waals surface area (Å²) >= 11 is 9.08. The number of aromatic nitrogens is 4. The van der Waals surface area contributed by atoms with Crippen LogP contribution in [-0.2, 0) is 6.54 Å². The molecule has 0 N–H and O–H groups in total. The first-order valence-corrected chi connectivity index (χ1v) is 7.08. The Morgan fingerprint density at radius 3 is 2.85 bits per heavy atom. The summed E-state index contributed by atoms with van der Waals surface area (Å²) in [6, 6.07) is 7.04. The molecule has 3 heterocycles. The molecule has 20 heavy (non-hydrogen) atoms. The predicted octanol–water partition coefficient (Wildman–Crippen LogP) is 2.66. The van der Waals surface area contributed by atoms with Crippen molar-refractivity contribution in [3.8, 4) is 0 Å². The van der Waals surface area contributed by atoms with Gasteiger partial charge < -0.3 is 4.57 Å². The van der Waals surface area contributed by atoms with Crippen LogP contribution in [0.1, 0.15) is 11.3 Å². The average Bonchev–Trinajstić information content (AvgIpc) is 2.79. The highest BCUT2D eigenvalue weighted by molar-refractivity contribution is 9.10. The molecule has 0 unspecified atom stereocenters. The second-order valence-corrected chi connectivity index (χ2v) is 5.64. The molecule has 0 aliphatic carbocycles. The summed E-state index contributed by atoms with van der Waals surface area (Å²) in [7, 11) is 0. The van der Waals surface area contributed by atoms with Crippen molar-refractivity contribution in [3.63, 3.8) is 0 Å². The Hall–Kier alpha value is -1.66. The van der Waals surface area contributed by atoms with Gasteiger partial charge in [0.1, 0.15) is 15.4 Å². The molecule has 5 nitrogen and oxygen atoms in total. The lowest BCUT2D eigenvalue weighted by Gasteiger charge is -2.12. The molecular formula is C13H10BrClN4O. The topological polar surface area (TPSA) is 52.2 Å². The van der Waals surface area contributed by atoms with Gasteiger partial charge in [0.05, 0.1) is 6.54 Å². The Bertz CT molecular complexity index is 838. The number of pyridine rings is 1. The smallest absolute Gasteiger partial charge is 0.274 e. The molecule has 0 aromatic carbocycles. The molecule has 0 atom stereocenters. The Morgan fingerprint density at radius 1 is 1.35 bits per heavy atom. The maximum absolute atomic E-state index is 11.9. The highest BCUT2D eigenvalue weighted by atomic mass is 79.9. The van der Waals surface area contributed by atoms with Crippen molar-refractivity contribution < 1.29 is 0 Å². The van der Waals surface area contributed by atoms with Gasteiger partial charge in [0, 0.05) is 24.0 Å². The maximum Gasteiger partial charge on any atom is 0.274 e. The largest absolute Gasteiger partial charge is 0.326 e. The Balaban J connectivity index is 2.15. The molecule has 102 valence electrons. The Kier molecular flexibility index (Phi) is 3.35. The van der Waals surface area contributed by atoms with Crippen LogP contribution in [0, 0.1) is 6.92 Å². The summed E-state index contributed by atoms with van der Waals surface area (Å²) in [5, 5.41) is 4.59. The highest BCUT2D eigenvalue weighted by Gasteiger charge is 2.09. The molecule has 0 fully saturated rings. The van der Waals surface area contributed by atoms with E-state index in [1.54, 1.807) is 18.3 Å². The zero-order valence-electron chi connectivity index (χ0n) is 10.5. The normalized spacial score (nSPS) is 11.2. The zero-order valence-corrected chi connectivity index (χ0v) is 12.9. The van der Waals surface area contributed by atoms with Crippen LogP contribution in [0.3, 0.4) is 0 Å². The summed E-state index contributed by atoms with van der Waals surface area (Å²) in [6.45, 7) is 2.49. The van der Waals surface area contributed by atoms with Crippen LogP contribution >= 0.6 is 27.5 Å². The van der Waals surface area contributed by atoms with Gasteiger partial charge in [-0.1, -0.05) is 17.7 Å². The molecule has 7 heteroatoms. The number of nitrogens with zero attached hydrogens (tertiary/aromatic N) is 4. The van der Waals surface area contributed by atoms with E-state index in [9.17, 15) is 4.79 Å². The van der Waals surface area contributed by atoms with Crippen LogP contribution in [-0.4, -0.2) is 19.2 Å². The molecule has 3 rings (SSSR count). The lowest BCUT2D eigenvalue weighted by molar-refractivity contribution is 0.735. The second-order valence-electron chi connectivity index (χ2n) is 4.44. The number of hydrogen-bond donors (Lipinski definition) is 0. The molecule has 0 aliphatic heterocycles. The predicted molar refractivity (Wildman–Crippen MR) is 80.2 cm³/mol. The summed E-state index contributed by atoms with van der Waals surface area (Å²) in [5.41, 5.74) is 2.45. The monoisotopic (exact) mass is 352 g/mol. The van der Waals surface area contributed by atoms with E-state index in [1.165, 1.54) is 4.52 Å². The van der Waals surface area contributed by atoms with E-state index >= 15 is 0 Å². The van der Waals surface area contributed by atoms with Crippen LogP contribution in [0.2, 0.25) is 5.15 Å². The van der Waals surface area contributed by atoms with E-state index in [4.69, 9.17) is 11.6 Å². The van der Waals surface area contributed by atoms with Crippen molar-refractivity contribution in [2.75, 3.05) is 0 Å². The van der Waals surface area contributed by atoms with E-state index in [-0.39, 0.29) is 5.56 Å². The summed E-state index contributed by atoms with van der Waals surface area (Å²) in [6.07, 6.45) is 1.72. The minimum Gasteiger partial charge on any atom is -0.326 e. The molecule has 0 amide bonds. The number of fused-ring (bicyclic) bond motifs is 1. The van der Waals surface area contributed by atoms with Crippen LogP contribution in [0.25, 0.3) is 5.65 Å². The minimum absolute atomic E-state index is 0.145. The van der Waals surface area contributed by atoms with Gasteiger partial charge in [-0.25, -0.2) is 4.98 Å². The van der Waals surface area contributed by atoms with Gasteiger partial charge in [0.2, 0.25) is 0 Å². The van der Waals surface area contributed by atoms with Crippen molar-refractivity contribution in [2.45, 2.75) is 13.5 Å². The van der Waals surface area contributed by atoms with E-state index in [0.29, 0.717) is 16.3 Å². The van der Waals surface area contributed by atoms with Gasteiger partial charge in [-0.3, -0.25) is 4.79 Å². The third-order valence-electron chi connectivity index (χ3n) is 3.03. The highest BCUT2D eigenvalue weighted by Crippen LogP contribution is 2.15.